The lowest BCUT2D eigenvalue weighted by atomic mass is 10.3. The van der Waals surface area contributed by atoms with Gasteiger partial charge in [0.2, 0.25) is 0 Å². The summed E-state index contributed by atoms with van der Waals surface area (Å²) in [5, 5.41) is 12.6. The molecule has 0 aliphatic rings. The maximum absolute atomic E-state index is 9.13. The van der Waals surface area contributed by atoms with E-state index in [9.17, 15) is 0 Å². The van der Waals surface area contributed by atoms with Gasteiger partial charge in [-0.1, -0.05) is 11.6 Å². The van der Waals surface area contributed by atoms with Gasteiger partial charge in [0.05, 0.1) is 11.1 Å². The molecule has 1 atom stereocenters. The second kappa shape index (κ2) is 5.01. The van der Waals surface area contributed by atoms with Crippen molar-refractivity contribution in [2.24, 2.45) is 5.73 Å². The lowest BCUT2D eigenvalue weighted by Gasteiger charge is -2.09. The van der Waals surface area contributed by atoms with Crippen molar-refractivity contribution in [1.82, 2.24) is 4.98 Å². The van der Waals surface area contributed by atoms with Crippen LogP contribution in [0.25, 0.3) is 0 Å². The number of halogens is 1. The zero-order valence-corrected chi connectivity index (χ0v) is 7.83. The summed E-state index contributed by atoms with van der Waals surface area (Å²) in [6.45, 7) is 0.631. The summed E-state index contributed by atoms with van der Waals surface area (Å²) >= 11 is 5.64. The average molecular weight is 202 g/mol. The van der Waals surface area contributed by atoms with E-state index in [2.05, 4.69) is 10.3 Å². The van der Waals surface area contributed by atoms with Crippen molar-refractivity contribution in [2.75, 3.05) is 18.4 Å². The Labute approximate surface area is 81.7 Å². The van der Waals surface area contributed by atoms with Crippen molar-refractivity contribution < 1.29 is 5.11 Å². The second-order valence-corrected chi connectivity index (χ2v) is 3.07. The van der Waals surface area contributed by atoms with Gasteiger partial charge in [-0.15, -0.1) is 0 Å². The van der Waals surface area contributed by atoms with Crippen molar-refractivity contribution in [3.05, 3.63) is 23.4 Å². The Bertz CT molecular complexity index is 252. The monoisotopic (exact) mass is 201 g/mol. The average Bonchev–Trinajstić information content (AvgIpc) is 2.16. The van der Waals surface area contributed by atoms with Crippen LogP contribution in [0.4, 0.5) is 5.82 Å². The van der Waals surface area contributed by atoms with Gasteiger partial charge in [-0.25, -0.2) is 4.98 Å². The van der Waals surface area contributed by atoms with E-state index in [4.69, 9.17) is 22.4 Å². The van der Waals surface area contributed by atoms with Gasteiger partial charge in [0.1, 0.15) is 5.82 Å². The van der Waals surface area contributed by atoms with E-state index < -0.39 is 6.10 Å². The SMILES string of the molecule is NCC(O)CNc1ccc(Cl)cn1. The molecule has 0 spiro atoms. The Morgan fingerprint density at radius 2 is 2.38 bits per heavy atom. The fourth-order valence-corrected chi connectivity index (χ4v) is 0.898. The largest absolute Gasteiger partial charge is 0.390 e. The molecule has 0 aliphatic carbocycles. The van der Waals surface area contributed by atoms with E-state index in [1.54, 1.807) is 18.3 Å². The quantitative estimate of drug-likeness (QED) is 0.662. The fraction of sp³-hybridized carbons (Fsp3) is 0.375. The van der Waals surface area contributed by atoms with Crippen molar-refractivity contribution >= 4 is 17.4 Å². The van der Waals surface area contributed by atoms with E-state index >= 15 is 0 Å². The molecular formula is C8H12ClN3O. The van der Waals surface area contributed by atoms with E-state index in [1.807, 2.05) is 0 Å². The van der Waals surface area contributed by atoms with Crippen LogP contribution in [0.3, 0.4) is 0 Å². The van der Waals surface area contributed by atoms with Crippen LogP contribution in [0.1, 0.15) is 0 Å². The van der Waals surface area contributed by atoms with Crippen LogP contribution >= 0.6 is 11.6 Å². The Morgan fingerprint density at radius 1 is 1.62 bits per heavy atom. The van der Waals surface area contributed by atoms with Gasteiger partial charge in [0.25, 0.3) is 0 Å². The zero-order chi connectivity index (χ0) is 9.68. The lowest BCUT2D eigenvalue weighted by molar-refractivity contribution is 0.196. The number of aliphatic hydroxyl groups is 1. The highest BCUT2D eigenvalue weighted by Gasteiger charge is 2.00. The third-order valence-electron chi connectivity index (χ3n) is 1.52. The first kappa shape index (κ1) is 10.2. The summed E-state index contributed by atoms with van der Waals surface area (Å²) < 4.78 is 0. The first-order valence-electron chi connectivity index (χ1n) is 3.96. The predicted octanol–water partition coefficient (Wildman–Crippen LogP) is 0.466. The number of nitrogens with one attached hydrogen (secondary N) is 1. The predicted molar refractivity (Wildman–Crippen MR) is 52.8 cm³/mol. The van der Waals surface area contributed by atoms with Gasteiger partial charge < -0.3 is 16.2 Å². The Morgan fingerprint density at radius 3 is 2.92 bits per heavy atom. The third-order valence-corrected chi connectivity index (χ3v) is 1.74. The Kier molecular flexibility index (Phi) is 3.95. The molecule has 4 N–H and O–H groups in total. The Balaban J connectivity index is 2.41. The number of rotatable bonds is 4. The minimum absolute atomic E-state index is 0.237. The summed E-state index contributed by atoms with van der Waals surface area (Å²) in [6, 6.07) is 3.47. The summed E-state index contributed by atoms with van der Waals surface area (Å²) in [7, 11) is 0. The van der Waals surface area contributed by atoms with Crippen molar-refractivity contribution in [3.8, 4) is 0 Å². The van der Waals surface area contributed by atoms with Gasteiger partial charge in [-0.05, 0) is 12.1 Å². The lowest BCUT2D eigenvalue weighted by Crippen LogP contribution is -2.27. The molecule has 1 aromatic heterocycles. The summed E-state index contributed by atoms with van der Waals surface area (Å²) in [5.74, 6) is 0.678. The number of aromatic nitrogens is 1. The molecule has 13 heavy (non-hydrogen) atoms. The molecule has 72 valence electrons. The van der Waals surface area contributed by atoms with Crippen molar-refractivity contribution in [3.63, 3.8) is 0 Å². The molecule has 1 rings (SSSR count). The summed E-state index contributed by atoms with van der Waals surface area (Å²) in [5.41, 5.74) is 5.23. The minimum atomic E-state index is -0.544. The fourth-order valence-electron chi connectivity index (χ4n) is 0.786. The molecule has 0 saturated heterocycles. The van der Waals surface area contributed by atoms with Crippen LogP contribution < -0.4 is 11.1 Å². The van der Waals surface area contributed by atoms with Gasteiger partial charge in [-0.2, -0.15) is 0 Å². The van der Waals surface area contributed by atoms with Gasteiger partial charge in [0.15, 0.2) is 0 Å². The standard InChI is InChI=1S/C8H12ClN3O/c9-6-1-2-8(11-4-6)12-5-7(13)3-10/h1-2,4,7,13H,3,5,10H2,(H,11,12). The minimum Gasteiger partial charge on any atom is -0.390 e. The number of nitrogens with two attached hydrogens (primary N) is 1. The topological polar surface area (TPSA) is 71.2 Å². The highest BCUT2D eigenvalue weighted by Crippen LogP contribution is 2.08. The van der Waals surface area contributed by atoms with Crippen LogP contribution in [0.15, 0.2) is 18.3 Å². The number of hydrogen-bond acceptors (Lipinski definition) is 4. The zero-order valence-electron chi connectivity index (χ0n) is 7.07. The highest BCUT2D eigenvalue weighted by molar-refractivity contribution is 6.30. The molecule has 0 aliphatic heterocycles. The van der Waals surface area contributed by atoms with Crippen molar-refractivity contribution in [2.45, 2.75) is 6.10 Å². The smallest absolute Gasteiger partial charge is 0.126 e. The number of anilines is 1. The third kappa shape index (κ3) is 3.59. The van der Waals surface area contributed by atoms with E-state index in [0.717, 1.165) is 0 Å². The van der Waals surface area contributed by atoms with Crippen LogP contribution in [0.5, 0.6) is 0 Å². The second-order valence-electron chi connectivity index (χ2n) is 2.63. The van der Waals surface area contributed by atoms with E-state index in [0.29, 0.717) is 17.4 Å². The summed E-state index contributed by atoms with van der Waals surface area (Å²) in [4.78, 5) is 3.99. The molecule has 5 heteroatoms. The van der Waals surface area contributed by atoms with E-state index in [-0.39, 0.29) is 6.54 Å². The molecule has 0 aromatic carbocycles. The van der Waals surface area contributed by atoms with Crippen LogP contribution in [0, 0.1) is 0 Å². The van der Waals surface area contributed by atoms with Crippen molar-refractivity contribution in [1.29, 1.82) is 0 Å². The molecule has 0 saturated carbocycles. The number of nitrogens with zero attached hydrogens (tertiary/aromatic N) is 1. The molecule has 1 aromatic rings. The van der Waals surface area contributed by atoms with E-state index in [1.165, 1.54) is 0 Å². The Hall–Kier alpha value is -0.840. The molecular weight excluding hydrogens is 190 g/mol. The molecule has 4 nitrogen and oxygen atoms in total. The van der Waals surface area contributed by atoms with Gasteiger partial charge in [-0.3, -0.25) is 0 Å². The maximum Gasteiger partial charge on any atom is 0.126 e. The molecule has 1 heterocycles. The van der Waals surface area contributed by atoms with Gasteiger partial charge in [0, 0.05) is 19.3 Å². The number of hydrogen-bond donors (Lipinski definition) is 3. The number of aliphatic hydroxyl groups excluding tert-OH is 1. The highest BCUT2D eigenvalue weighted by atomic mass is 35.5. The molecule has 1 unspecified atom stereocenters. The normalized spacial score (nSPS) is 12.5. The summed E-state index contributed by atoms with van der Waals surface area (Å²) in [6.07, 6.45) is 0.996. The molecule has 0 radical (unpaired) electrons. The van der Waals surface area contributed by atoms with Crippen LogP contribution in [0.2, 0.25) is 5.02 Å². The first-order valence-corrected chi connectivity index (χ1v) is 4.33. The number of pyridine rings is 1. The van der Waals surface area contributed by atoms with Gasteiger partial charge >= 0.3 is 0 Å². The maximum atomic E-state index is 9.13. The molecule has 0 bridgehead atoms. The molecule has 0 fully saturated rings. The van der Waals surface area contributed by atoms with Crippen LogP contribution in [-0.2, 0) is 0 Å². The first-order chi connectivity index (χ1) is 6.22. The molecule has 0 amide bonds. The van der Waals surface area contributed by atoms with Crippen LogP contribution in [-0.4, -0.2) is 29.3 Å².